The summed E-state index contributed by atoms with van der Waals surface area (Å²) in [6.45, 7) is 2.07. The highest BCUT2D eigenvalue weighted by molar-refractivity contribution is 6.25. The van der Waals surface area contributed by atoms with Crippen molar-refractivity contribution in [1.29, 1.82) is 0 Å². The smallest absolute Gasteiger partial charge is 0.258 e. The molecule has 0 aliphatic heterocycles. The van der Waals surface area contributed by atoms with Crippen molar-refractivity contribution in [2.75, 3.05) is 0 Å². The van der Waals surface area contributed by atoms with Gasteiger partial charge in [0.1, 0.15) is 0 Å². The standard InChI is InChI=1S/C17H11NO2/c1-10-2-3-11-5-8-14-15(18(19)20)9-6-12-4-7-13(10)16(11)17(12)14/h2-9H,1H3. The highest BCUT2D eigenvalue weighted by Crippen LogP contribution is 2.39. The van der Waals surface area contributed by atoms with Gasteiger partial charge >= 0.3 is 0 Å². The molecule has 96 valence electrons. The first kappa shape index (κ1) is 11.2. The molecule has 0 fully saturated rings. The van der Waals surface area contributed by atoms with Gasteiger partial charge in [-0.25, -0.2) is 0 Å². The predicted molar refractivity (Wildman–Crippen MR) is 81.5 cm³/mol. The molecule has 0 aliphatic rings. The maximum absolute atomic E-state index is 11.2. The minimum atomic E-state index is -0.307. The Kier molecular flexibility index (Phi) is 2.05. The summed E-state index contributed by atoms with van der Waals surface area (Å²) >= 11 is 0. The van der Waals surface area contributed by atoms with Crippen LogP contribution in [0.25, 0.3) is 32.3 Å². The number of aryl methyl sites for hydroxylation is 1. The third-order valence-corrected chi connectivity index (χ3v) is 4.06. The minimum absolute atomic E-state index is 0.174. The number of rotatable bonds is 1. The fraction of sp³-hybridized carbons (Fsp3) is 0.0588. The number of nitro groups is 1. The Morgan fingerprint density at radius 1 is 0.800 bits per heavy atom. The molecule has 0 aromatic heterocycles. The molecule has 3 nitrogen and oxygen atoms in total. The zero-order valence-electron chi connectivity index (χ0n) is 10.9. The first-order valence-corrected chi connectivity index (χ1v) is 6.48. The van der Waals surface area contributed by atoms with Gasteiger partial charge in [-0.2, -0.15) is 0 Å². The summed E-state index contributed by atoms with van der Waals surface area (Å²) in [6.07, 6.45) is 0. The third-order valence-electron chi connectivity index (χ3n) is 4.06. The average molecular weight is 261 g/mol. The van der Waals surface area contributed by atoms with Gasteiger partial charge in [0.05, 0.1) is 10.3 Å². The second-order valence-corrected chi connectivity index (χ2v) is 5.15. The van der Waals surface area contributed by atoms with Crippen molar-refractivity contribution in [2.45, 2.75) is 6.92 Å². The summed E-state index contributed by atoms with van der Waals surface area (Å²) in [7, 11) is 0. The Morgan fingerprint density at radius 3 is 2.05 bits per heavy atom. The molecule has 4 rings (SSSR count). The highest BCUT2D eigenvalue weighted by atomic mass is 16.6. The van der Waals surface area contributed by atoms with Gasteiger partial charge in [0.2, 0.25) is 0 Å². The van der Waals surface area contributed by atoms with Crippen molar-refractivity contribution in [3.8, 4) is 0 Å². The second kappa shape index (κ2) is 3.67. The molecule has 0 radical (unpaired) electrons. The number of nitrogens with zero attached hydrogens (tertiary/aromatic N) is 1. The number of hydrogen-bond donors (Lipinski definition) is 0. The molecule has 4 aromatic rings. The maximum atomic E-state index is 11.2. The lowest BCUT2D eigenvalue weighted by Gasteiger charge is -2.12. The maximum Gasteiger partial charge on any atom is 0.277 e. The molecule has 0 saturated heterocycles. The van der Waals surface area contributed by atoms with Crippen LogP contribution in [0.2, 0.25) is 0 Å². The van der Waals surface area contributed by atoms with Crippen molar-refractivity contribution in [1.82, 2.24) is 0 Å². The van der Waals surface area contributed by atoms with Crippen LogP contribution in [0.3, 0.4) is 0 Å². The summed E-state index contributed by atoms with van der Waals surface area (Å²) in [6, 6.07) is 15.6. The van der Waals surface area contributed by atoms with Crippen LogP contribution in [0.4, 0.5) is 5.69 Å². The molecule has 0 bridgehead atoms. The fourth-order valence-electron chi connectivity index (χ4n) is 3.09. The van der Waals surface area contributed by atoms with E-state index in [1.165, 1.54) is 10.9 Å². The Balaban J connectivity index is 2.38. The average Bonchev–Trinajstić information content (AvgIpc) is 2.46. The number of hydrogen-bond acceptors (Lipinski definition) is 2. The van der Waals surface area contributed by atoms with Crippen LogP contribution in [0.15, 0.2) is 48.5 Å². The summed E-state index contributed by atoms with van der Waals surface area (Å²) in [4.78, 5) is 10.9. The molecule has 0 heterocycles. The van der Waals surface area contributed by atoms with Crippen LogP contribution in [0.1, 0.15) is 5.56 Å². The number of non-ortho nitro benzene ring substituents is 1. The van der Waals surface area contributed by atoms with Crippen molar-refractivity contribution in [3.63, 3.8) is 0 Å². The van der Waals surface area contributed by atoms with E-state index in [-0.39, 0.29) is 10.6 Å². The summed E-state index contributed by atoms with van der Waals surface area (Å²) < 4.78 is 0. The highest BCUT2D eigenvalue weighted by Gasteiger charge is 2.16. The molecular weight excluding hydrogens is 250 g/mol. The molecule has 0 spiro atoms. The Labute approximate surface area is 114 Å². The van der Waals surface area contributed by atoms with Gasteiger partial charge in [-0.1, -0.05) is 30.3 Å². The fourth-order valence-corrected chi connectivity index (χ4v) is 3.09. The molecule has 0 aliphatic carbocycles. The van der Waals surface area contributed by atoms with Gasteiger partial charge < -0.3 is 0 Å². The summed E-state index contributed by atoms with van der Waals surface area (Å²) in [5.74, 6) is 0. The van der Waals surface area contributed by atoms with E-state index < -0.39 is 0 Å². The van der Waals surface area contributed by atoms with Crippen LogP contribution in [-0.4, -0.2) is 4.92 Å². The van der Waals surface area contributed by atoms with Crippen LogP contribution in [0, 0.1) is 17.0 Å². The van der Waals surface area contributed by atoms with Gasteiger partial charge in [-0.05, 0) is 46.2 Å². The molecule has 20 heavy (non-hydrogen) atoms. The van der Waals surface area contributed by atoms with Crippen molar-refractivity contribution < 1.29 is 4.92 Å². The topological polar surface area (TPSA) is 43.1 Å². The summed E-state index contributed by atoms with van der Waals surface area (Å²) in [5, 5.41) is 17.4. The van der Waals surface area contributed by atoms with E-state index in [9.17, 15) is 10.1 Å². The Hall–Kier alpha value is -2.68. The lowest BCUT2D eigenvalue weighted by atomic mass is 9.92. The molecule has 0 N–H and O–H groups in total. The second-order valence-electron chi connectivity index (χ2n) is 5.15. The van der Waals surface area contributed by atoms with Crippen LogP contribution >= 0.6 is 0 Å². The van der Waals surface area contributed by atoms with Gasteiger partial charge in [-0.15, -0.1) is 0 Å². The van der Waals surface area contributed by atoms with Gasteiger partial charge in [0, 0.05) is 11.5 Å². The third kappa shape index (κ3) is 1.29. The van der Waals surface area contributed by atoms with Crippen LogP contribution in [0.5, 0.6) is 0 Å². The lowest BCUT2D eigenvalue weighted by molar-refractivity contribution is -0.383. The summed E-state index contributed by atoms with van der Waals surface area (Å²) in [5.41, 5.74) is 1.37. The van der Waals surface area contributed by atoms with E-state index in [1.807, 2.05) is 24.3 Å². The van der Waals surface area contributed by atoms with Crippen LogP contribution in [-0.2, 0) is 0 Å². The van der Waals surface area contributed by atoms with E-state index in [0.29, 0.717) is 0 Å². The SMILES string of the molecule is Cc1ccc2ccc3c([N+](=O)[O-])ccc4ccc1c2c43. The zero-order valence-corrected chi connectivity index (χ0v) is 10.9. The normalized spacial score (nSPS) is 11.7. The van der Waals surface area contributed by atoms with Crippen molar-refractivity contribution in [2.24, 2.45) is 0 Å². The predicted octanol–water partition coefficient (Wildman–Crippen LogP) is 4.80. The zero-order chi connectivity index (χ0) is 13.9. The van der Waals surface area contributed by atoms with E-state index in [1.54, 1.807) is 6.07 Å². The lowest BCUT2D eigenvalue weighted by Crippen LogP contribution is -1.92. The van der Waals surface area contributed by atoms with E-state index in [0.717, 1.165) is 26.9 Å². The molecule has 0 amide bonds. The quantitative estimate of drug-likeness (QED) is 0.280. The molecule has 4 aromatic carbocycles. The first-order chi connectivity index (χ1) is 9.66. The van der Waals surface area contributed by atoms with E-state index in [4.69, 9.17) is 0 Å². The number of benzene rings is 4. The van der Waals surface area contributed by atoms with Crippen LogP contribution < -0.4 is 0 Å². The van der Waals surface area contributed by atoms with E-state index in [2.05, 4.69) is 25.1 Å². The van der Waals surface area contributed by atoms with Crippen molar-refractivity contribution in [3.05, 3.63) is 64.2 Å². The molecular formula is C17H11NO2. The molecule has 0 unspecified atom stereocenters. The molecule has 3 heteroatoms. The largest absolute Gasteiger partial charge is 0.277 e. The van der Waals surface area contributed by atoms with Gasteiger partial charge in [-0.3, -0.25) is 10.1 Å². The van der Waals surface area contributed by atoms with Gasteiger partial charge in [0.25, 0.3) is 5.69 Å². The number of nitro benzene ring substituents is 1. The van der Waals surface area contributed by atoms with Crippen molar-refractivity contribution >= 4 is 38.0 Å². The molecule has 0 saturated carbocycles. The Bertz CT molecular complexity index is 988. The van der Waals surface area contributed by atoms with Gasteiger partial charge in [0.15, 0.2) is 0 Å². The molecule has 0 atom stereocenters. The minimum Gasteiger partial charge on any atom is -0.258 e. The van der Waals surface area contributed by atoms with E-state index >= 15 is 0 Å². The first-order valence-electron chi connectivity index (χ1n) is 6.48. The monoisotopic (exact) mass is 261 g/mol. The Morgan fingerprint density at radius 2 is 1.35 bits per heavy atom.